The molecule has 0 atom stereocenters. The molecular weight excluding hydrogens is 230 g/mol. The maximum absolute atomic E-state index is 8.80. The monoisotopic (exact) mass is 253 g/mol. The number of hydrogen-bond donors (Lipinski definition) is 2. The van der Waals surface area contributed by atoms with Gasteiger partial charge >= 0.3 is 0 Å². The second-order valence-corrected chi connectivity index (χ2v) is 4.10. The van der Waals surface area contributed by atoms with Crippen molar-refractivity contribution in [3.05, 3.63) is 18.2 Å². The molecule has 4 heteroatoms. The molecule has 0 saturated carbocycles. The van der Waals surface area contributed by atoms with Crippen molar-refractivity contribution in [3.8, 4) is 11.5 Å². The number of ether oxygens (including phenoxy) is 2. The highest BCUT2D eigenvalue weighted by molar-refractivity contribution is 5.55. The van der Waals surface area contributed by atoms with Gasteiger partial charge in [-0.3, -0.25) is 0 Å². The molecule has 0 aliphatic heterocycles. The Morgan fingerprint density at radius 2 is 1.94 bits per heavy atom. The van der Waals surface area contributed by atoms with Crippen molar-refractivity contribution >= 4 is 5.69 Å². The van der Waals surface area contributed by atoms with E-state index < -0.39 is 0 Å². The first-order chi connectivity index (χ1) is 8.74. The van der Waals surface area contributed by atoms with Crippen LogP contribution in [0, 0.1) is 0 Å². The molecule has 1 aromatic carbocycles. The highest BCUT2D eigenvalue weighted by Crippen LogP contribution is 2.30. The molecule has 1 aromatic rings. The number of nitrogens with one attached hydrogen (secondary N) is 1. The third-order valence-electron chi connectivity index (χ3n) is 2.87. The van der Waals surface area contributed by atoms with Gasteiger partial charge in [-0.15, -0.1) is 0 Å². The molecule has 0 radical (unpaired) electrons. The van der Waals surface area contributed by atoms with Crippen molar-refractivity contribution in [3.63, 3.8) is 0 Å². The third kappa shape index (κ3) is 4.11. The fourth-order valence-electron chi connectivity index (χ4n) is 1.76. The summed E-state index contributed by atoms with van der Waals surface area (Å²) < 4.78 is 10.7. The first-order valence-electron chi connectivity index (χ1n) is 6.43. The predicted octanol–water partition coefficient (Wildman–Crippen LogP) is 2.67. The van der Waals surface area contributed by atoms with Gasteiger partial charge in [0.05, 0.1) is 13.7 Å². The van der Waals surface area contributed by atoms with Gasteiger partial charge in [-0.1, -0.05) is 13.8 Å². The van der Waals surface area contributed by atoms with Crippen molar-refractivity contribution in [2.45, 2.75) is 32.7 Å². The van der Waals surface area contributed by atoms with Crippen LogP contribution in [0.15, 0.2) is 18.2 Å². The fraction of sp³-hybridized carbons (Fsp3) is 0.571. The Balaban J connectivity index is 2.80. The Hall–Kier alpha value is -1.42. The van der Waals surface area contributed by atoms with E-state index in [0.717, 1.165) is 18.5 Å². The SMILES string of the molecule is CCC(CC)Nc1ccc(OC)c(OCCO)c1. The van der Waals surface area contributed by atoms with Crippen LogP contribution in [-0.4, -0.2) is 31.5 Å². The molecule has 0 bridgehead atoms. The molecule has 0 spiro atoms. The van der Waals surface area contributed by atoms with Crippen molar-refractivity contribution < 1.29 is 14.6 Å². The average molecular weight is 253 g/mol. The lowest BCUT2D eigenvalue weighted by atomic mass is 10.1. The van der Waals surface area contributed by atoms with Crippen LogP contribution in [0.1, 0.15) is 26.7 Å². The second kappa shape index (κ2) is 7.82. The molecule has 0 fully saturated rings. The Bertz CT molecular complexity index is 351. The minimum absolute atomic E-state index is 0.00659. The standard InChI is InChI=1S/C14H23NO3/c1-4-11(5-2)15-12-6-7-13(17-3)14(10-12)18-9-8-16/h6-7,10-11,15-16H,4-5,8-9H2,1-3H3. The minimum atomic E-state index is -0.00659. The summed E-state index contributed by atoms with van der Waals surface area (Å²) in [5.74, 6) is 1.33. The Morgan fingerprint density at radius 3 is 2.50 bits per heavy atom. The van der Waals surface area contributed by atoms with E-state index in [1.165, 1.54) is 0 Å². The summed E-state index contributed by atoms with van der Waals surface area (Å²) in [5.41, 5.74) is 1.01. The number of hydrogen-bond acceptors (Lipinski definition) is 4. The van der Waals surface area contributed by atoms with Gasteiger partial charge < -0.3 is 19.9 Å². The Labute approximate surface area is 109 Å². The molecule has 0 amide bonds. The van der Waals surface area contributed by atoms with E-state index in [-0.39, 0.29) is 13.2 Å². The predicted molar refractivity (Wildman–Crippen MR) is 73.6 cm³/mol. The summed E-state index contributed by atoms with van der Waals surface area (Å²) in [6.07, 6.45) is 2.16. The summed E-state index contributed by atoms with van der Waals surface area (Å²) in [5, 5.41) is 12.2. The van der Waals surface area contributed by atoms with Gasteiger partial charge in [0.15, 0.2) is 11.5 Å². The first kappa shape index (κ1) is 14.6. The molecule has 0 heterocycles. The van der Waals surface area contributed by atoms with Crippen molar-refractivity contribution in [1.29, 1.82) is 0 Å². The number of rotatable bonds is 8. The normalized spacial score (nSPS) is 10.5. The quantitative estimate of drug-likeness (QED) is 0.748. The smallest absolute Gasteiger partial charge is 0.163 e. The lowest BCUT2D eigenvalue weighted by Gasteiger charge is -2.18. The first-order valence-corrected chi connectivity index (χ1v) is 6.43. The molecule has 0 unspecified atom stereocenters. The zero-order valence-electron chi connectivity index (χ0n) is 11.4. The van der Waals surface area contributed by atoms with E-state index in [1.807, 2.05) is 18.2 Å². The Kier molecular flexibility index (Phi) is 6.36. The summed E-state index contributed by atoms with van der Waals surface area (Å²) in [4.78, 5) is 0. The molecule has 2 N–H and O–H groups in total. The van der Waals surface area contributed by atoms with Crippen LogP contribution in [0.5, 0.6) is 11.5 Å². The van der Waals surface area contributed by atoms with E-state index in [0.29, 0.717) is 17.5 Å². The minimum Gasteiger partial charge on any atom is -0.493 e. The molecule has 18 heavy (non-hydrogen) atoms. The summed E-state index contributed by atoms with van der Waals surface area (Å²) in [6.45, 7) is 4.58. The highest BCUT2D eigenvalue weighted by Gasteiger charge is 2.08. The van der Waals surface area contributed by atoms with Crippen LogP contribution in [-0.2, 0) is 0 Å². The molecule has 4 nitrogen and oxygen atoms in total. The Morgan fingerprint density at radius 1 is 1.22 bits per heavy atom. The van der Waals surface area contributed by atoms with E-state index in [1.54, 1.807) is 7.11 Å². The number of aliphatic hydroxyl groups is 1. The lowest BCUT2D eigenvalue weighted by Crippen LogP contribution is -2.17. The van der Waals surface area contributed by atoms with Gasteiger partial charge in [0, 0.05) is 17.8 Å². The van der Waals surface area contributed by atoms with E-state index >= 15 is 0 Å². The fourth-order valence-corrected chi connectivity index (χ4v) is 1.76. The second-order valence-electron chi connectivity index (χ2n) is 4.10. The maximum atomic E-state index is 8.80. The number of anilines is 1. The van der Waals surface area contributed by atoms with E-state index in [2.05, 4.69) is 19.2 Å². The van der Waals surface area contributed by atoms with E-state index in [4.69, 9.17) is 14.6 Å². The lowest BCUT2D eigenvalue weighted by molar-refractivity contribution is 0.196. The van der Waals surface area contributed by atoms with Crippen LogP contribution in [0.25, 0.3) is 0 Å². The average Bonchev–Trinajstić information content (AvgIpc) is 2.42. The highest BCUT2D eigenvalue weighted by atomic mass is 16.5. The van der Waals surface area contributed by atoms with Gasteiger partial charge in [0.1, 0.15) is 6.61 Å². The molecular formula is C14H23NO3. The molecule has 0 aliphatic rings. The van der Waals surface area contributed by atoms with Gasteiger partial charge in [0.2, 0.25) is 0 Å². The number of aliphatic hydroxyl groups excluding tert-OH is 1. The van der Waals surface area contributed by atoms with Crippen LogP contribution in [0.2, 0.25) is 0 Å². The van der Waals surface area contributed by atoms with Crippen molar-refractivity contribution in [2.24, 2.45) is 0 Å². The summed E-state index contributed by atoms with van der Waals surface area (Å²) in [7, 11) is 1.61. The van der Waals surface area contributed by atoms with Gasteiger partial charge in [0.25, 0.3) is 0 Å². The van der Waals surface area contributed by atoms with Gasteiger partial charge in [-0.05, 0) is 25.0 Å². The molecule has 0 aliphatic carbocycles. The van der Waals surface area contributed by atoms with E-state index in [9.17, 15) is 0 Å². The van der Waals surface area contributed by atoms with Crippen LogP contribution < -0.4 is 14.8 Å². The third-order valence-corrected chi connectivity index (χ3v) is 2.87. The zero-order valence-corrected chi connectivity index (χ0v) is 11.4. The summed E-state index contributed by atoms with van der Waals surface area (Å²) >= 11 is 0. The molecule has 0 saturated heterocycles. The zero-order chi connectivity index (χ0) is 13.4. The largest absolute Gasteiger partial charge is 0.493 e. The number of benzene rings is 1. The van der Waals surface area contributed by atoms with Crippen molar-refractivity contribution in [1.82, 2.24) is 0 Å². The van der Waals surface area contributed by atoms with Gasteiger partial charge in [-0.2, -0.15) is 0 Å². The summed E-state index contributed by atoms with van der Waals surface area (Å²) in [6, 6.07) is 6.22. The topological polar surface area (TPSA) is 50.7 Å². The number of methoxy groups -OCH3 is 1. The van der Waals surface area contributed by atoms with Crippen LogP contribution >= 0.6 is 0 Å². The maximum Gasteiger partial charge on any atom is 0.163 e. The molecule has 0 aromatic heterocycles. The van der Waals surface area contributed by atoms with Crippen LogP contribution in [0.4, 0.5) is 5.69 Å². The molecule has 1 rings (SSSR count). The van der Waals surface area contributed by atoms with Gasteiger partial charge in [-0.25, -0.2) is 0 Å². The van der Waals surface area contributed by atoms with Crippen molar-refractivity contribution in [2.75, 3.05) is 25.6 Å². The molecule has 102 valence electrons. The van der Waals surface area contributed by atoms with Crippen LogP contribution in [0.3, 0.4) is 0 Å².